The van der Waals surface area contributed by atoms with Crippen LogP contribution in [0, 0.1) is 18.9 Å². The second-order valence-electron chi connectivity index (χ2n) is 18.0. The second-order valence-corrected chi connectivity index (χ2v) is 28.8. The van der Waals surface area contributed by atoms with Gasteiger partial charge in [0.25, 0.3) is 0 Å². The summed E-state index contributed by atoms with van der Waals surface area (Å²) in [5.41, 5.74) is 15.4. The van der Waals surface area contributed by atoms with Crippen LogP contribution in [0.3, 0.4) is 0 Å². The molecule has 300 valence electrons. The number of allylic oxidation sites excluding steroid dienone is 4. The smallest absolute Gasteiger partial charge is 0.0132 e. The number of benzene rings is 5. The zero-order valence-corrected chi connectivity index (χ0v) is 42.2. The summed E-state index contributed by atoms with van der Waals surface area (Å²) in [6.45, 7) is 27.2. The van der Waals surface area contributed by atoms with E-state index in [4.69, 9.17) is 0 Å². The van der Waals surface area contributed by atoms with E-state index in [-0.39, 0.29) is 41.1 Å². The summed E-state index contributed by atoms with van der Waals surface area (Å²) in [4.78, 5) is 1.33. The molecule has 6 aromatic rings. The molecule has 0 radical (unpaired) electrons. The van der Waals surface area contributed by atoms with Gasteiger partial charge in [0.1, 0.15) is 0 Å². The molecule has 8 rings (SSSR count). The molecule has 2 aliphatic rings. The Labute approximate surface area is 381 Å². The van der Waals surface area contributed by atoms with Crippen LogP contribution in [-0.2, 0) is 34.2 Å². The van der Waals surface area contributed by atoms with Crippen molar-refractivity contribution in [3.63, 3.8) is 0 Å². The summed E-state index contributed by atoms with van der Waals surface area (Å²) in [7, 11) is 0. The van der Waals surface area contributed by atoms with E-state index in [1.807, 2.05) is 11.8 Å². The van der Waals surface area contributed by atoms with E-state index in [2.05, 4.69) is 210 Å². The van der Waals surface area contributed by atoms with E-state index in [1.54, 1.807) is 23.3 Å². The van der Waals surface area contributed by atoms with E-state index in [9.17, 15) is 0 Å². The van der Waals surface area contributed by atoms with Crippen molar-refractivity contribution in [2.24, 2.45) is 5.92 Å². The predicted molar refractivity (Wildman–Crippen MR) is 248 cm³/mol. The molecular weight excluding hydrogens is 859 g/mol. The van der Waals surface area contributed by atoms with E-state index >= 15 is 0 Å². The van der Waals surface area contributed by atoms with Crippen LogP contribution in [0.25, 0.3) is 49.4 Å². The molecule has 58 heavy (non-hydrogen) atoms. The van der Waals surface area contributed by atoms with Crippen molar-refractivity contribution in [2.45, 2.75) is 98.4 Å². The monoisotopic (exact) mass is 914 g/mol. The number of rotatable bonds is 4. The van der Waals surface area contributed by atoms with Gasteiger partial charge in [0, 0.05) is 5.25 Å². The van der Waals surface area contributed by atoms with Crippen LogP contribution in [0.2, 0.25) is 13.1 Å². The fraction of sp³-hybridized carbons (Fsp3) is 0.302. The Hall–Kier alpha value is -2.78. The SMILES string of the molecule is CC(C)C1=CC2=C(c3cccc4ccccc34)C(C)SC2=[C-]1.C[Si](C)=[Zr+2].Cc1cc2c(-c3ccc(C(C)(C)C)cc3)cc(-c3ccc(C(C)(C)C)cc3)cc2[cH-]1.[Cl-].[Cl-]. The second kappa shape index (κ2) is 19.7. The molecule has 1 unspecified atom stereocenters. The molecule has 0 N–H and O–H groups in total. The van der Waals surface area contributed by atoms with Crippen molar-refractivity contribution in [1.29, 1.82) is 0 Å². The Morgan fingerprint density at radius 2 is 1.24 bits per heavy atom. The van der Waals surface area contributed by atoms with Gasteiger partial charge in [-0.3, -0.25) is 0 Å². The Kier molecular flexibility index (Phi) is 16.3. The summed E-state index contributed by atoms with van der Waals surface area (Å²) >= 11 is 3.69. The van der Waals surface area contributed by atoms with Crippen LogP contribution in [0.5, 0.6) is 0 Å². The molecular formula is C53H58Cl2SSiZr-2. The average Bonchev–Trinajstić information content (AvgIpc) is 3.82. The third kappa shape index (κ3) is 11.1. The van der Waals surface area contributed by atoms with E-state index in [1.165, 1.54) is 87.7 Å². The minimum atomic E-state index is 0. The Balaban J connectivity index is 0.000000235. The first-order chi connectivity index (χ1) is 26.4. The summed E-state index contributed by atoms with van der Waals surface area (Å²) in [6.07, 6.45) is 5.97. The minimum Gasteiger partial charge on any atom is -1.00 e. The fourth-order valence-electron chi connectivity index (χ4n) is 7.53. The van der Waals surface area contributed by atoms with Crippen molar-refractivity contribution in [1.82, 2.24) is 0 Å². The van der Waals surface area contributed by atoms with Crippen molar-refractivity contribution in [2.75, 3.05) is 0 Å². The number of aryl methyl sites for hydroxylation is 1. The number of hydrogen-bond acceptors (Lipinski definition) is 1. The van der Waals surface area contributed by atoms with Crippen molar-refractivity contribution in [3.8, 4) is 22.3 Å². The number of thioether (sulfide) groups is 1. The molecule has 6 aromatic carbocycles. The maximum Gasteiger partial charge on any atom is -0.0132 e. The van der Waals surface area contributed by atoms with Crippen molar-refractivity contribution >= 4 is 44.3 Å². The van der Waals surface area contributed by atoms with Gasteiger partial charge in [0.2, 0.25) is 0 Å². The third-order valence-corrected chi connectivity index (χ3v) is 11.8. The maximum atomic E-state index is 3.61. The summed E-state index contributed by atoms with van der Waals surface area (Å²) in [5, 5.41) is 5.82. The van der Waals surface area contributed by atoms with Crippen molar-refractivity contribution in [3.05, 3.63) is 166 Å². The topological polar surface area (TPSA) is 0 Å². The van der Waals surface area contributed by atoms with Gasteiger partial charge < -0.3 is 24.8 Å². The largest absolute Gasteiger partial charge is 1.00 e. The molecule has 0 bridgehead atoms. The first-order valence-electron chi connectivity index (χ1n) is 20.1. The van der Waals surface area contributed by atoms with Gasteiger partial charge in [-0.1, -0.05) is 176 Å². The number of hydrogen-bond donors (Lipinski definition) is 0. The van der Waals surface area contributed by atoms with Gasteiger partial charge in [-0.2, -0.15) is 23.3 Å². The van der Waals surface area contributed by atoms with Gasteiger partial charge in [-0.05, 0) is 62.3 Å². The van der Waals surface area contributed by atoms with Gasteiger partial charge in [-0.15, -0.1) is 45.1 Å². The summed E-state index contributed by atoms with van der Waals surface area (Å²) < 4.78 is 0. The first-order valence-corrected chi connectivity index (χ1v) is 27.2. The maximum absolute atomic E-state index is 3.61. The first kappa shape index (κ1) is 47.9. The van der Waals surface area contributed by atoms with Crippen LogP contribution in [0.15, 0.2) is 137 Å². The quantitative estimate of drug-likeness (QED) is 0.126. The molecule has 0 aromatic heterocycles. The van der Waals surface area contributed by atoms with Gasteiger partial charge in [0.15, 0.2) is 0 Å². The molecule has 0 saturated heterocycles. The summed E-state index contributed by atoms with van der Waals surface area (Å²) in [6, 6.07) is 42.8. The van der Waals surface area contributed by atoms with Crippen molar-refractivity contribution < 1.29 is 48.1 Å². The fourth-order valence-corrected chi connectivity index (χ4v) is 8.73. The van der Waals surface area contributed by atoms with E-state index in [0.717, 1.165) is 0 Å². The minimum absolute atomic E-state index is 0. The zero-order valence-electron chi connectivity index (χ0n) is 36.4. The van der Waals surface area contributed by atoms with Gasteiger partial charge >= 0.3 is 41.9 Å². The number of fused-ring (bicyclic) bond motifs is 3. The summed E-state index contributed by atoms with van der Waals surface area (Å²) in [5.74, 6) is 0.537. The molecule has 0 nitrogen and oxygen atoms in total. The van der Waals surface area contributed by atoms with Crippen LogP contribution in [-0.4, -0.2) is 10.7 Å². The molecule has 1 heterocycles. The van der Waals surface area contributed by atoms with Gasteiger partial charge in [-0.25, -0.2) is 6.08 Å². The Morgan fingerprint density at radius 3 is 1.81 bits per heavy atom. The molecule has 1 atom stereocenters. The molecule has 0 amide bonds. The third-order valence-electron chi connectivity index (χ3n) is 10.6. The Bertz CT molecular complexity index is 2470. The zero-order chi connectivity index (χ0) is 40.5. The molecule has 5 heteroatoms. The van der Waals surface area contributed by atoms with Crippen LogP contribution >= 0.6 is 11.8 Å². The normalized spacial score (nSPS) is 14.8. The predicted octanol–water partition coefficient (Wildman–Crippen LogP) is 9.60. The molecule has 1 aliphatic heterocycles. The molecule has 1 aliphatic carbocycles. The van der Waals surface area contributed by atoms with E-state index < -0.39 is 0 Å². The number of halogens is 2. The van der Waals surface area contributed by atoms with E-state index in [0.29, 0.717) is 11.2 Å². The molecule has 0 spiro atoms. The molecule has 0 saturated carbocycles. The van der Waals surface area contributed by atoms with Crippen LogP contribution < -0.4 is 24.8 Å². The Morgan fingerprint density at radius 1 is 0.690 bits per heavy atom. The molecule has 0 fully saturated rings. The van der Waals surface area contributed by atoms with Crippen LogP contribution in [0.1, 0.15) is 84.6 Å². The van der Waals surface area contributed by atoms with Gasteiger partial charge in [0.05, 0.1) is 0 Å². The van der Waals surface area contributed by atoms with Crippen LogP contribution in [0.4, 0.5) is 0 Å². The average molecular weight is 917 g/mol. The standard InChI is InChI=1S/C30H33.C21H19S.C2H6Si.2ClH.Zr/c1-20-16-24-18-23(21-8-12-25(13-9-21)29(2,3)4)19-28(27(24)17-20)22-10-14-26(15-11-22)30(5,6)7;1-13(2)16-11-19-20(12-16)22-14(3)21(19)18-10-6-8-15-7-4-5-9-17(15)18;1-3-2;;;/h8-19H,1-7H3;4-11,13-14H,1-3H3;1-2H3;2*1H;/q2*-1;;;;+2/p-2.